The summed E-state index contributed by atoms with van der Waals surface area (Å²) in [6.45, 7) is 1.25. The Bertz CT molecular complexity index is 588. The molecule has 2 rings (SSSR count). The average molecular weight is 371 g/mol. The van der Waals surface area contributed by atoms with E-state index in [9.17, 15) is 4.79 Å². The van der Waals surface area contributed by atoms with Crippen molar-refractivity contribution in [1.82, 2.24) is 14.8 Å². The van der Waals surface area contributed by atoms with Gasteiger partial charge in [0.15, 0.2) is 5.16 Å². The highest BCUT2D eigenvalue weighted by Crippen LogP contribution is 2.17. The van der Waals surface area contributed by atoms with E-state index in [-0.39, 0.29) is 11.7 Å². The molecule has 6 nitrogen and oxygen atoms in total. The van der Waals surface area contributed by atoms with Crippen LogP contribution in [0, 0.1) is 0 Å². The lowest BCUT2D eigenvalue weighted by atomic mass is 10.3. The van der Waals surface area contributed by atoms with Gasteiger partial charge < -0.3 is 14.6 Å². The summed E-state index contributed by atoms with van der Waals surface area (Å²) in [5.74, 6) is 0.200. The molecule has 1 N–H and O–H groups in total. The van der Waals surface area contributed by atoms with Crippen molar-refractivity contribution in [2.45, 2.75) is 11.7 Å². The average Bonchev–Trinajstić information content (AvgIpc) is 2.93. The number of hydrogen-bond donors (Lipinski definition) is 1. The number of hydrogen-bond acceptors (Lipinski definition) is 5. The van der Waals surface area contributed by atoms with E-state index in [4.69, 9.17) is 4.74 Å². The van der Waals surface area contributed by atoms with Crippen LogP contribution in [0.4, 0.5) is 5.69 Å². The molecule has 0 aliphatic heterocycles. The van der Waals surface area contributed by atoms with Crippen molar-refractivity contribution in [2.24, 2.45) is 0 Å². The van der Waals surface area contributed by atoms with E-state index in [0.29, 0.717) is 18.3 Å². The molecule has 0 saturated carbocycles. The highest BCUT2D eigenvalue weighted by Gasteiger charge is 2.09. The van der Waals surface area contributed by atoms with Crippen LogP contribution in [-0.4, -0.2) is 40.1 Å². The number of halogens is 1. The molecule has 0 saturated heterocycles. The summed E-state index contributed by atoms with van der Waals surface area (Å²) < 4.78 is 7.85. The molecule has 0 radical (unpaired) electrons. The third kappa shape index (κ3) is 5.14. The molecule has 0 atom stereocenters. The summed E-state index contributed by atoms with van der Waals surface area (Å²) in [5.41, 5.74) is 0.768. The van der Waals surface area contributed by atoms with Crippen molar-refractivity contribution in [3.63, 3.8) is 0 Å². The topological polar surface area (TPSA) is 69.0 Å². The fourth-order valence-corrected chi connectivity index (χ4v) is 2.57. The summed E-state index contributed by atoms with van der Waals surface area (Å²) in [6, 6.07) is 7.44. The Balaban J connectivity index is 1.83. The van der Waals surface area contributed by atoms with Gasteiger partial charge in [-0.1, -0.05) is 27.7 Å². The van der Waals surface area contributed by atoms with Gasteiger partial charge in [0.1, 0.15) is 6.33 Å². The summed E-state index contributed by atoms with van der Waals surface area (Å²) in [5, 5.41) is 11.4. The van der Waals surface area contributed by atoms with Crippen LogP contribution in [0.25, 0.3) is 0 Å². The first kappa shape index (κ1) is 16.0. The largest absolute Gasteiger partial charge is 0.383 e. The van der Waals surface area contributed by atoms with Gasteiger partial charge in [-0.25, -0.2) is 0 Å². The molecule has 1 aromatic carbocycles. The molecule has 0 spiro atoms. The molecule has 8 heteroatoms. The quantitative estimate of drug-likeness (QED) is 0.757. The normalized spacial score (nSPS) is 10.6. The molecular weight excluding hydrogens is 356 g/mol. The molecule has 112 valence electrons. The Hall–Kier alpha value is -1.38. The van der Waals surface area contributed by atoms with E-state index in [1.54, 1.807) is 13.4 Å². The monoisotopic (exact) mass is 370 g/mol. The molecule has 0 aliphatic carbocycles. The van der Waals surface area contributed by atoms with Crippen molar-refractivity contribution >= 4 is 39.3 Å². The van der Waals surface area contributed by atoms with Gasteiger partial charge in [0.25, 0.3) is 0 Å². The summed E-state index contributed by atoms with van der Waals surface area (Å²) >= 11 is 4.70. The number of nitrogens with zero attached hydrogens (tertiary/aromatic N) is 3. The number of aromatic nitrogens is 3. The number of rotatable bonds is 7. The van der Waals surface area contributed by atoms with E-state index in [1.165, 1.54) is 11.8 Å². The summed E-state index contributed by atoms with van der Waals surface area (Å²) in [6.07, 6.45) is 1.63. The van der Waals surface area contributed by atoms with Crippen LogP contribution in [0.5, 0.6) is 0 Å². The lowest BCUT2D eigenvalue weighted by Gasteiger charge is -2.06. The first-order valence-corrected chi connectivity index (χ1v) is 8.02. The number of ether oxygens (including phenoxy) is 1. The van der Waals surface area contributed by atoms with Crippen LogP contribution < -0.4 is 5.32 Å². The third-order valence-electron chi connectivity index (χ3n) is 2.58. The molecular formula is C13H15BrN4O2S. The van der Waals surface area contributed by atoms with E-state index >= 15 is 0 Å². The highest BCUT2D eigenvalue weighted by molar-refractivity contribution is 9.10. The number of carbonyl (C=O) groups is 1. The molecule has 0 fully saturated rings. The minimum atomic E-state index is -0.0800. The predicted octanol–water partition coefficient (Wildman–Crippen LogP) is 2.42. The van der Waals surface area contributed by atoms with Gasteiger partial charge in [-0.3, -0.25) is 4.79 Å². The molecule has 0 bridgehead atoms. The lowest BCUT2D eigenvalue weighted by molar-refractivity contribution is -0.113. The second kappa shape index (κ2) is 8.16. The van der Waals surface area contributed by atoms with Gasteiger partial charge in [0.05, 0.1) is 12.4 Å². The van der Waals surface area contributed by atoms with Crippen LogP contribution in [0.15, 0.2) is 40.2 Å². The molecule has 2 aromatic rings. The summed E-state index contributed by atoms with van der Waals surface area (Å²) in [4.78, 5) is 11.9. The van der Waals surface area contributed by atoms with Gasteiger partial charge in [0.2, 0.25) is 5.91 Å². The zero-order valence-electron chi connectivity index (χ0n) is 11.5. The van der Waals surface area contributed by atoms with Crippen molar-refractivity contribution in [2.75, 3.05) is 24.8 Å². The fraction of sp³-hybridized carbons (Fsp3) is 0.308. The SMILES string of the molecule is COCCn1cnnc1SCC(=O)Nc1ccc(Br)cc1. The minimum Gasteiger partial charge on any atom is -0.383 e. The predicted molar refractivity (Wildman–Crippen MR) is 85.4 cm³/mol. The minimum absolute atomic E-state index is 0.0800. The van der Waals surface area contributed by atoms with Crippen molar-refractivity contribution in [1.29, 1.82) is 0 Å². The zero-order chi connectivity index (χ0) is 15.1. The molecule has 1 amide bonds. The second-order valence-corrected chi connectivity index (χ2v) is 6.00. The number of thioether (sulfide) groups is 1. The highest BCUT2D eigenvalue weighted by atomic mass is 79.9. The van der Waals surface area contributed by atoms with Gasteiger partial charge in [-0.2, -0.15) is 0 Å². The Morgan fingerprint density at radius 2 is 2.19 bits per heavy atom. The first-order chi connectivity index (χ1) is 10.2. The fourth-order valence-electron chi connectivity index (χ4n) is 1.56. The Labute approximate surface area is 135 Å². The van der Waals surface area contributed by atoms with Crippen LogP contribution in [-0.2, 0) is 16.1 Å². The Morgan fingerprint density at radius 3 is 2.90 bits per heavy atom. The number of amides is 1. The molecule has 1 heterocycles. The van der Waals surface area contributed by atoms with Crippen LogP contribution in [0.1, 0.15) is 0 Å². The lowest BCUT2D eigenvalue weighted by Crippen LogP contribution is -2.14. The van der Waals surface area contributed by atoms with Crippen molar-refractivity contribution in [3.05, 3.63) is 35.1 Å². The first-order valence-electron chi connectivity index (χ1n) is 6.24. The van der Waals surface area contributed by atoms with Gasteiger partial charge in [-0.05, 0) is 24.3 Å². The molecule has 0 unspecified atom stereocenters. The molecule has 21 heavy (non-hydrogen) atoms. The number of benzene rings is 1. The second-order valence-electron chi connectivity index (χ2n) is 4.14. The maximum atomic E-state index is 11.9. The van der Waals surface area contributed by atoms with Crippen molar-refractivity contribution < 1.29 is 9.53 Å². The number of methoxy groups -OCH3 is 1. The molecule has 0 aliphatic rings. The van der Waals surface area contributed by atoms with E-state index in [2.05, 4.69) is 31.4 Å². The Kier molecular flexibility index (Phi) is 6.21. The number of carbonyl (C=O) groups excluding carboxylic acids is 1. The van der Waals surface area contributed by atoms with E-state index in [0.717, 1.165) is 10.2 Å². The number of anilines is 1. The van der Waals surface area contributed by atoms with Gasteiger partial charge >= 0.3 is 0 Å². The molecule has 1 aromatic heterocycles. The summed E-state index contributed by atoms with van der Waals surface area (Å²) in [7, 11) is 1.64. The smallest absolute Gasteiger partial charge is 0.234 e. The van der Waals surface area contributed by atoms with Crippen molar-refractivity contribution in [3.8, 4) is 0 Å². The maximum Gasteiger partial charge on any atom is 0.234 e. The van der Waals surface area contributed by atoms with Gasteiger partial charge in [0, 0.05) is 23.8 Å². The van der Waals surface area contributed by atoms with Crippen LogP contribution in [0.3, 0.4) is 0 Å². The van der Waals surface area contributed by atoms with Crippen LogP contribution in [0.2, 0.25) is 0 Å². The van der Waals surface area contributed by atoms with Crippen LogP contribution >= 0.6 is 27.7 Å². The van der Waals surface area contributed by atoms with E-state index < -0.39 is 0 Å². The standard InChI is InChI=1S/C13H15BrN4O2S/c1-20-7-6-18-9-15-17-13(18)21-8-12(19)16-11-4-2-10(14)3-5-11/h2-5,9H,6-8H2,1H3,(H,16,19). The third-order valence-corrected chi connectivity index (χ3v) is 4.09. The zero-order valence-corrected chi connectivity index (χ0v) is 13.9. The van der Waals surface area contributed by atoms with Gasteiger partial charge in [-0.15, -0.1) is 10.2 Å². The van der Waals surface area contributed by atoms with E-state index in [1.807, 2.05) is 28.8 Å². The maximum absolute atomic E-state index is 11.9. The number of nitrogens with one attached hydrogen (secondary N) is 1. The Morgan fingerprint density at radius 1 is 1.43 bits per heavy atom.